The first kappa shape index (κ1) is 13.0. The minimum atomic E-state index is -1.75. The van der Waals surface area contributed by atoms with Crippen molar-refractivity contribution in [1.29, 1.82) is 0 Å². The van der Waals surface area contributed by atoms with Gasteiger partial charge in [-0.3, -0.25) is 0 Å². The topological polar surface area (TPSA) is 0 Å². The fraction of sp³-hybridized carbons (Fsp3) is 0.500. The van der Waals surface area contributed by atoms with Gasteiger partial charge in [0, 0.05) is 0 Å². The van der Waals surface area contributed by atoms with Crippen molar-refractivity contribution in [3.8, 4) is 0 Å². The Kier molecular flexibility index (Phi) is 4.33. The van der Waals surface area contributed by atoms with Crippen LogP contribution in [0.5, 0.6) is 0 Å². The molecular formula is C12H14F4. The summed E-state index contributed by atoms with van der Waals surface area (Å²) in [7, 11) is 0. The largest absolute Gasteiger partial charge is 0.204 e. The van der Waals surface area contributed by atoms with E-state index >= 15 is 0 Å². The van der Waals surface area contributed by atoms with Crippen LogP contribution in [0.25, 0.3) is 0 Å². The summed E-state index contributed by atoms with van der Waals surface area (Å²) in [5, 5.41) is 0. The van der Waals surface area contributed by atoms with Crippen LogP contribution in [0, 0.1) is 29.2 Å². The molecule has 0 spiro atoms. The Bertz CT molecular complexity index is 374. The summed E-state index contributed by atoms with van der Waals surface area (Å²) in [6.45, 7) is 3.95. The van der Waals surface area contributed by atoms with E-state index in [1.807, 2.05) is 13.8 Å². The van der Waals surface area contributed by atoms with Crippen molar-refractivity contribution in [2.75, 3.05) is 0 Å². The molecule has 16 heavy (non-hydrogen) atoms. The van der Waals surface area contributed by atoms with Gasteiger partial charge < -0.3 is 0 Å². The highest BCUT2D eigenvalue weighted by Crippen LogP contribution is 2.21. The minimum Gasteiger partial charge on any atom is -0.204 e. The fourth-order valence-electron chi connectivity index (χ4n) is 1.41. The molecule has 1 aromatic rings. The zero-order valence-corrected chi connectivity index (χ0v) is 9.29. The molecule has 1 unspecified atom stereocenters. The SMILES string of the molecule is CCC(C)CCc1cc(F)c(F)c(F)c1F. The predicted octanol–water partition coefficient (Wildman–Crippen LogP) is 4.22. The van der Waals surface area contributed by atoms with Gasteiger partial charge in [-0.05, 0) is 30.4 Å². The Morgan fingerprint density at radius 2 is 1.69 bits per heavy atom. The van der Waals surface area contributed by atoms with E-state index in [0.29, 0.717) is 12.3 Å². The highest BCUT2D eigenvalue weighted by molar-refractivity contribution is 5.21. The molecule has 4 heteroatoms. The van der Waals surface area contributed by atoms with Crippen molar-refractivity contribution in [3.05, 3.63) is 34.9 Å². The molecule has 0 aliphatic heterocycles. The van der Waals surface area contributed by atoms with Gasteiger partial charge in [-0.25, -0.2) is 17.6 Å². The standard InChI is InChI=1S/C12H14F4/c1-3-7(2)4-5-8-6-9(13)11(15)12(16)10(8)14/h6-7H,3-5H2,1-2H3. The molecule has 0 heterocycles. The van der Waals surface area contributed by atoms with Crippen molar-refractivity contribution in [1.82, 2.24) is 0 Å². The van der Waals surface area contributed by atoms with Crippen LogP contribution in [-0.2, 0) is 6.42 Å². The van der Waals surface area contributed by atoms with E-state index in [1.54, 1.807) is 0 Å². The Morgan fingerprint density at radius 3 is 2.25 bits per heavy atom. The molecule has 0 saturated carbocycles. The lowest BCUT2D eigenvalue weighted by atomic mass is 9.98. The van der Waals surface area contributed by atoms with Gasteiger partial charge in [-0.1, -0.05) is 20.3 Å². The molecule has 0 amide bonds. The van der Waals surface area contributed by atoms with E-state index in [1.165, 1.54) is 0 Å². The molecule has 0 nitrogen and oxygen atoms in total. The summed E-state index contributed by atoms with van der Waals surface area (Å²) >= 11 is 0. The van der Waals surface area contributed by atoms with Crippen LogP contribution in [0.1, 0.15) is 32.3 Å². The summed E-state index contributed by atoms with van der Waals surface area (Å²) in [5.74, 6) is -5.74. The lowest BCUT2D eigenvalue weighted by Gasteiger charge is -2.09. The van der Waals surface area contributed by atoms with Gasteiger partial charge >= 0.3 is 0 Å². The smallest absolute Gasteiger partial charge is 0.197 e. The molecule has 0 radical (unpaired) electrons. The van der Waals surface area contributed by atoms with Crippen molar-refractivity contribution >= 4 is 0 Å². The molecule has 90 valence electrons. The van der Waals surface area contributed by atoms with Crippen LogP contribution in [0.3, 0.4) is 0 Å². The Labute approximate surface area is 92.3 Å². The Hall–Kier alpha value is -1.06. The van der Waals surface area contributed by atoms with Crippen LogP contribution >= 0.6 is 0 Å². The lowest BCUT2D eigenvalue weighted by Crippen LogP contribution is -2.03. The zero-order valence-electron chi connectivity index (χ0n) is 9.29. The molecular weight excluding hydrogens is 220 g/mol. The van der Waals surface area contributed by atoms with Crippen molar-refractivity contribution in [2.45, 2.75) is 33.1 Å². The first-order valence-corrected chi connectivity index (χ1v) is 5.29. The maximum absolute atomic E-state index is 13.2. The summed E-state index contributed by atoms with van der Waals surface area (Å²) in [6.07, 6.45) is 1.75. The van der Waals surface area contributed by atoms with Gasteiger partial charge in [0.15, 0.2) is 23.3 Å². The third kappa shape index (κ3) is 2.74. The molecule has 0 N–H and O–H groups in total. The summed E-state index contributed by atoms with van der Waals surface area (Å²) in [6, 6.07) is 0.732. The average molecular weight is 234 g/mol. The fourth-order valence-corrected chi connectivity index (χ4v) is 1.41. The second-order valence-corrected chi connectivity index (χ2v) is 4.01. The highest BCUT2D eigenvalue weighted by atomic mass is 19.2. The Morgan fingerprint density at radius 1 is 1.06 bits per heavy atom. The van der Waals surface area contributed by atoms with E-state index in [-0.39, 0.29) is 12.0 Å². The van der Waals surface area contributed by atoms with Crippen LogP contribution in [0.15, 0.2) is 6.07 Å². The van der Waals surface area contributed by atoms with E-state index < -0.39 is 23.3 Å². The minimum absolute atomic E-state index is 0.100. The van der Waals surface area contributed by atoms with Crippen molar-refractivity contribution in [2.24, 2.45) is 5.92 Å². The van der Waals surface area contributed by atoms with Gasteiger partial charge in [0.1, 0.15) is 0 Å². The molecule has 0 fully saturated rings. The molecule has 0 saturated heterocycles. The second kappa shape index (κ2) is 5.32. The van der Waals surface area contributed by atoms with Crippen molar-refractivity contribution < 1.29 is 17.6 Å². The maximum atomic E-state index is 13.2. The molecule has 0 aliphatic rings. The molecule has 0 aromatic heterocycles. The number of halogens is 4. The van der Waals surface area contributed by atoms with Gasteiger partial charge in [0.05, 0.1) is 0 Å². The summed E-state index contributed by atoms with van der Waals surface area (Å²) in [4.78, 5) is 0. The van der Waals surface area contributed by atoms with Gasteiger partial charge in [-0.2, -0.15) is 0 Å². The number of benzene rings is 1. The van der Waals surface area contributed by atoms with Crippen LogP contribution in [-0.4, -0.2) is 0 Å². The normalized spacial score (nSPS) is 12.9. The predicted molar refractivity (Wildman–Crippen MR) is 54.1 cm³/mol. The number of rotatable bonds is 4. The molecule has 1 rings (SSSR count). The first-order chi connectivity index (χ1) is 7.47. The third-order valence-electron chi connectivity index (χ3n) is 2.78. The second-order valence-electron chi connectivity index (χ2n) is 4.01. The molecule has 1 atom stereocenters. The summed E-state index contributed by atoms with van der Waals surface area (Å²) < 4.78 is 51.6. The molecule has 0 bridgehead atoms. The van der Waals surface area contributed by atoms with Gasteiger partial charge in [0.25, 0.3) is 0 Å². The van der Waals surface area contributed by atoms with Gasteiger partial charge in [0.2, 0.25) is 0 Å². The highest BCUT2D eigenvalue weighted by Gasteiger charge is 2.18. The van der Waals surface area contributed by atoms with Crippen LogP contribution in [0.2, 0.25) is 0 Å². The van der Waals surface area contributed by atoms with E-state index in [4.69, 9.17) is 0 Å². The van der Waals surface area contributed by atoms with E-state index in [9.17, 15) is 17.6 Å². The lowest BCUT2D eigenvalue weighted by molar-refractivity contribution is 0.400. The molecule has 1 aromatic carbocycles. The Balaban J connectivity index is 2.89. The average Bonchev–Trinajstić information content (AvgIpc) is 2.28. The van der Waals surface area contributed by atoms with E-state index in [2.05, 4.69) is 0 Å². The van der Waals surface area contributed by atoms with Gasteiger partial charge in [-0.15, -0.1) is 0 Å². The number of hydrogen-bond donors (Lipinski definition) is 0. The monoisotopic (exact) mass is 234 g/mol. The third-order valence-corrected chi connectivity index (χ3v) is 2.78. The molecule has 0 aliphatic carbocycles. The van der Waals surface area contributed by atoms with Crippen LogP contribution < -0.4 is 0 Å². The number of aryl methyl sites for hydroxylation is 1. The zero-order chi connectivity index (χ0) is 12.3. The van der Waals surface area contributed by atoms with E-state index in [0.717, 1.165) is 12.5 Å². The first-order valence-electron chi connectivity index (χ1n) is 5.29. The van der Waals surface area contributed by atoms with Crippen LogP contribution in [0.4, 0.5) is 17.6 Å². The van der Waals surface area contributed by atoms with Crippen molar-refractivity contribution in [3.63, 3.8) is 0 Å². The number of hydrogen-bond acceptors (Lipinski definition) is 0. The quantitative estimate of drug-likeness (QED) is 0.415. The summed E-state index contributed by atoms with van der Waals surface area (Å²) in [5.41, 5.74) is -0.100. The maximum Gasteiger partial charge on any atom is 0.197 e.